The molecule has 3 N–H and O–H groups in total. The van der Waals surface area contributed by atoms with Gasteiger partial charge in [0, 0.05) is 12.6 Å². The number of carbonyl (C=O) groups excluding carboxylic acids is 1. The van der Waals surface area contributed by atoms with Gasteiger partial charge in [-0.3, -0.25) is 4.79 Å². The van der Waals surface area contributed by atoms with Crippen molar-refractivity contribution in [2.24, 2.45) is 5.73 Å². The smallest absolute Gasteiger partial charge is 0.231 e. The fourth-order valence-electron chi connectivity index (χ4n) is 2.37. The van der Waals surface area contributed by atoms with Crippen molar-refractivity contribution in [3.63, 3.8) is 0 Å². The van der Waals surface area contributed by atoms with Crippen molar-refractivity contribution in [2.45, 2.75) is 43.7 Å². The minimum Gasteiger partial charge on any atom is -0.375 e. The van der Waals surface area contributed by atoms with Gasteiger partial charge in [-0.15, -0.1) is 0 Å². The monoisotopic (exact) mass is 198 g/mol. The first-order valence-electron chi connectivity index (χ1n) is 5.36. The lowest BCUT2D eigenvalue weighted by Gasteiger charge is -2.47. The summed E-state index contributed by atoms with van der Waals surface area (Å²) in [6.45, 7) is 1.11. The Bertz CT molecular complexity index is 226. The van der Waals surface area contributed by atoms with Gasteiger partial charge in [0.05, 0.1) is 12.1 Å². The fraction of sp³-hybridized carbons (Fsp3) is 0.900. The maximum atomic E-state index is 10.6. The van der Waals surface area contributed by atoms with Crippen molar-refractivity contribution in [3.8, 4) is 0 Å². The van der Waals surface area contributed by atoms with Gasteiger partial charge in [0.15, 0.2) is 0 Å². The Morgan fingerprint density at radius 1 is 1.57 bits per heavy atom. The zero-order chi connectivity index (χ0) is 10.0. The van der Waals surface area contributed by atoms with E-state index in [-0.39, 0.29) is 11.5 Å². The quantitative estimate of drug-likeness (QED) is 0.679. The Morgan fingerprint density at radius 3 is 2.93 bits per heavy atom. The summed E-state index contributed by atoms with van der Waals surface area (Å²) in [4.78, 5) is 10.6. The summed E-state index contributed by atoms with van der Waals surface area (Å²) >= 11 is 0. The molecule has 1 amide bonds. The summed E-state index contributed by atoms with van der Waals surface area (Å²) < 4.78 is 5.78. The van der Waals surface area contributed by atoms with Gasteiger partial charge in [0.2, 0.25) is 5.91 Å². The SMILES string of the molecule is NC(=O)CNC1CCOC2(CCC2)C1. The summed E-state index contributed by atoms with van der Waals surface area (Å²) in [6, 6.07) is 0.413. The first kappa shape index (κ1) is 9.93. The molecule has 1 aliphatic carbocycles. The molecule has 2 rings (SSSR count). The maximum absolute atomic E-state index is 10.6. The van der Waals surface area contributed by atoms with Crippen LogP contribution >= 0.6 is 0 Å². The van der Waals surface area contributed by atoms with Crippen LogP contribution in [-0.2, 0) is 9.53 Å². The highest BCUT2D eigenvalue weighted by atomic mass is 16.5. The van der Waals surface area contributed by atoms with Crippen LogP contribution < -0.4 is 11.1 Å². The lowest BCUT2D eigenvalue weighted by Crippen LogP contribution is -2.51. The Morgan fingerprint density at radius 2 is 2.36 bits per heavy atom. The Kier molecular flexibility index (Phi) is 2.74. The molecule has 0 aromatic heterocycles. The summed E-state index contributed by atoms with van der Waals surface area (Å²) in [5, 5.41) is 3.19. The number of ether oxygens (including phenoxy) is 1. The van der Waals surface area contributed by atoms with E-state index in [4.69, 9.17) is 10.5 Å². The standard InChI is InChI=1S/C10H18N2O2/c11-9(13)7-12-8-2-5-14-10(6-8)3-1-4-10/h8,12H,1-7H2,(H2,11,13). The van der Waals surface area contributed by atoms with Gasteiger partial charge in [0.25, 0.3) is 0 Å². The molecule has 1 heterocycles. The lowest BCUT2D eigenvalue weighted by molar-refractivity contribution is -0.136. The van der Waals surface area contributed by atoms with Gasteiger partial charge in [0.1, 0.15) is 0 Å². The van der Waals surface area contributed by atoms with E-state index in [1.165, 1.54) is 19.3 Å². The number of carbonyl (C=O) groups is 1. The van der Waals surface area contributed by atoms with E-state index < -0.39 is 0 Å². The van der Waals surface area contributed by atoms with E-state index in [1.54, 1.807) is 0 Å². The largest absolute Gasteiger partial charge is 0.375 e. The van der Waals surface area contributed by atoms with Gasteiger partial charge < -0.3 is 15.8 Å². The molecule has 2 aliphatic rings. The number of hydrogen-bond donors (Lipinski definition) is 2. The summed E-state index contributed by atoms with van der Waals surface area (Å²) in [7, 11) is 0. The second-order valence-electron chi connectivity index (χ2n) is 4.42. The molecule has 14 heavy (non-hydrogen) atoms. The predicted molar refractivity (Wildman–Crippen MR) is 52.8 cm³/mol. The van der Waals surface area contributed by atoms with Gasteiger partial charge in [-0.2, -0.15) is 0 Å². The zero-order valence-electron chi connectivity index (χ0n) is 8.42. The van der Waals surface area contributed by atoms with Crippen molar-refractivity contribution in [1.29, 1.82) is 0 Å². The van der Waals surface area contributed by atoms with Gasteiger partial charge >= 0.3 is 0 Å². The van der Waals surface area contributed by atoms with E-state index in [0.29, 0.717) is 12.6 Å². The van der Waals surface area contributed by atoms with Crippen LogP contribution in [-0.4, -0.2) is 30.7 Å². The second kappa shape index (κ2) is 3.87. The number of hydrogen-bond acceptors (Lipinski definition) is 3. The number of primary amides is 1. The highest BCUT2D eigenvalue weighted by Gasteiger charge is 2.42. The van der Waals surface area contributed by atoms with E-state index in [2.05, 4.69) is 5.32 Å². The Labute approximate surface area is 84.2 Å². The number of rotatable bonds is 3. The van der Waals surface area contributed by atoms with Crippen LogP contribution in [0.5, 0.6) is 0 Å². The van der Waals surface area contributed by atoms with Crippen LogP contribution in [0.25, 0.3) is 0 Å². The molecule has 0 bridgehead atoms. The van der Waals surface area contributed by atoms with Gasteiger partial charge in [-0.25, -0.2) is 0 Å². The first-order chi connectivity index (χ1) is 6.70. The van der Waals surface area contributed by atoms with Crippen molar-refractivity contribution >= 4 is 5.91 Å². The number of nitrogens with one attached hydrogen (secondary N) is 1. The van der Waals surface area contributed by atoms with Crippen molar-refractivity contribution in [1.82, 2.24) is 5.32 Å². The molecule has 1 unspecified atom stereocenters. The molecule has 1 spiro atoms. The molecule has 1 saturated carbocycles. The third-order valence-corrected chi connectivity index (χ3v) is 3.32. The van der Waals surface area contributed by atoms with Gasteiger partial charge in [-0.1, -0.05) is 0 Å². The Balaban J connectivity index is 1.79. The van der Waals surface area contributed by atoms with Crippen LogP contribution in [0.4, 0.5) is 0 Å². The van der Waals surface area contributed by atoms with Crippen molar-refractivity contribution in [3.05, 3.63) is 0 Å². The van der Waals surface area contributed by atoms with E-state index in [1.807, 2.05) is 0 Å². The minimum absolute atomic E-state index is 0.146. The molecule has 1 atom stereocenters. The van der Waals surface area contributed by atoms with E-state index in [0.717, 1.165) is 19.4 Å². The molecule has 1 saturated heterocycles. The number of amides is 1. The Hall–Kier alpha value is -0.610. The molecular formula is C10H18N2O2. The fourth-order valence-corrected chi connectivity index (χ4v) is 2.37. The van der Waals surface area contributed by atoms with E-state index in [9.17, 15) is 4.79 Å². The molecule has 80 valence electrons. The third kappa shape index (κ3) is 2.07. The molecule has 0 aromatic rings. The summed E-state index contributed by atoms with van der Waals surface area (Å²) in [6.07, 6.45) is 5.68. The van der Waals surface area contributed by atoms with E-state index >= 15 is 0 Å². The summed E-state index contributed by atoms with van der Waals surface area (Å²) in [5.41, 5.74) is 5.24. The van der Waals surface area contributed by atoms with Crippen LogP contribution in [0.1, 0.15) is 32.1 Å². The second-order valence-corrected chi connectivity index (χ2v) is 4.42. The molecule has 4 heteroatoms. The molecule has 2 fully saturated rings. The third-order valence-electron chi connectivity index (χ3n) is 3.32. The molecule has 0 radical (unpaired) electrons. The predicted octanol–water partition coefficient (Wildman–Crippen LogP) is 0.163. The van der Waals surface area contributed by atoms with Crippen LogP contribution in [0.15, 0.2) is 0 Å². The van der Waals surface area contributed by atoms with Crippen LogP contribution in [0.3, 0.4) is 0 Å². The molecule has 4 nitrogen and oxygen atoms in total. The van der Waals surface area contributed by atoms with Crippen molar-refractivity contribution in [2.75, 3.05) is 13.2 Å². The topological polar surface area (TPSA) is 64.4 Å². The first-order valence-corrected chi connectivity index (χ1v) is 5.36. The molecule has 1 aliphatic heterocycles. The molecular weight excluding hydrogens is 180 g/mol. The highest BCUT2D eigenvalue weighted by molar-refractivity contribution is 5.75. The zero-order valence-corrected chi connectivity index (χ0v) is 8.42. The lowest BCUT2D eigenvalue weighted by atomic mass is 9.74. The highest BCUT2D eigenvalue weighted by Crippen LogP contribution is 2.42. The van der Waals surface area contributed by atoms with Crippen LogP contribution in [0.2, 0.25) is 0 Å². The average Bonchev–Trinajstić information content (AvgIpc) is 2.13. The summed E-state index contributed by atoms with van der Waals surface area (Å²) in [5.74, 6) is -0.279. The number of nitrogens with two attached hydrogens (primary N) is 1. The normalized spacial score (nSPS) is 29.9. The maximum Gasteiger partial charge on any atom is 0.231 e. The van der Waals surface area contributed by atoms with Crippen molar-refractivity contribution < 1.29 is 9.53 Å². The molecule has 0 aromatic carbocycles. The van der Waals surface area contributed by atoms with Crippen LogP contribution in [0, 0.1) is 0 Å². The minimum atomic E-state index is -0.279. The van der Waals surface area contributed by atoms with Gasteiger partial charge in [-0.05, 0) is 32.1 Å². The average molecular weight is 198 g/mol.